The second-order valence-electron chi connectivity index (χ2n) is 9.87. The number of allylic oxidation sites excluding steroid dienone is 4. The van der Waals surface area contributed by atoms with Crippen LogP contribution < -0.4 is 0 Å². The zero-order valence-electron chi connectivity index (χ0n) is 18.6. The maximum absolute atomic E-state index is 15.2. The van der Waals surface area contributed by atoms with Gasteiger partial charge in [0.1, 0.15) is 17.7 Å². The number of Topliss-reactive ketones (excluding diaryl/α,β-unsaturated/α-hetero) is 1. The summed E-state index contributed by atoms with van der Waals surface area (Å²) in [4.78, 5) is 17.6. The molecule has 162 valence electrons. The number of rotatable bonds is 4. The van der Waals surface area contributed by atoms with Gasteiger partial charge in [0.05, 0.1) is 11.5 Å². The number of hydrogen-bond acceptors (Lipinski definition) is 3. The monoisotopic (exact) mass is 426 g/mol. The fourth-order valence-corrected chi connectivity index (χ4v) is 5.48. The highest BCUT2D eigenvalue weighted by molar-refractivity contribution is 5.90. The van der Waals surface area contributed by atoms with E-state index in [1.165, 1.54) is 24.6 Å². The lowest BCUT2D eigenvalue weighted by Gasteiger charge is -2.44. The largest absolute Gasteiger partial charge is 0.299 e. The second kappa shape index (κ2) is 7.81. The molecule has 0 N–H and O–H groups in total. The van der Waals surface area contributed by atoms with Crippen molar-refractivity contribution in [3.63, 3.8) is 0 Å². The fourth-order valence-electron chi connectivity index (χ4n) is 5.48. The lowest BCUT2D eigenvalue weighted by atomic mass is 9.58. The van der Waals surface area contributed by atoms with Crippen molar-refractivity contribution in [2.24, 2.45) is 11.3 Å². The lowest BCUT2D eigenvalue weighted by Crippen LogP contribution is -2.40. The van der Waals surface area contributed by atoms with Crippen LogP contribution in [0, 0.1) is 22.7 Å². The Morgan fingerprint density at radius 2 is 1.84 bits per heavy atom. The number of aromatic nitrogens is 1. The third-order valence-electron chi connectivity index (χ3n) is 7.69. The molecule has 0 aliphatic heterocycles. The van der Waals surface area contributed by atoms with Gasteiger partial charge in [-0.05, 0) is 48.8 Å². The van der Waals surface area contributed by atoms with E-state index in [1.54, 1.807) is 12.3 Å². The number of carbonyl (C=O) groups is 1. The molecule has 3 aliphatic carbocycles. The molecule has 0 radical (unpaired) electrons. The van der Waals surface area contributed by atoms with E-state index in [9.17, 15) is 10.1 Å². The van der Waals surface area contributed by atoms with Crippen molar-refractivity contribution >= 4 is 11.4 Å². The Labute approximate surface area is 188 Å². The minimum Gasteiger partial charge on any atom is -0.299 e. The molecule has 1 aromatic heterocycles. The molecule has 32 heavy (non-hydrogen) atoms. The molecule has 2 saturated carbocycles. The summed E-state index contributed by atoms with van der Waals surface area (Å²) in [5.74, 6) is 0.439. The van der Waals surface area contributed by atoms with Crippen LogP contribution in [0.25, 0.3) is 5.57 Å². The van der Waals surface area contributed by atoms with Crippen molar-refractivity contribution in [1.82, 2.24) is 4.98 Å². The highest BCUT2D eigenvalue weighted by Gasteiger charge is 2.48. The Hall–Kier alpha value is -3.06. The molecular formula is C28H27FN2O. The van der Waals surface area contributed by atoms with Crippen molar-refractivity contribution in [2.75, 3.05) is 0 Å². The molecule has 4 heteroatoms. The van der Waals surface area contributed by atoms with Gasteiger partial charge in [-0.3, -0.25) is 9.78 Å². The third-order valence-corrected chi connectivity index (χ3v) is 7.69. The SMILES string of the molecule is C[C@@H]1CCC(C)(C2=CC(c3cncc(C#N)c3)=C(F)C2)[C@@H](c2ccc(C3CC3)cc2)C1=O. The van der Waals surface area contributed by atoms with E-state index >= 15 is 4.39 Å². The van der Waals surface area contributed by atoms with Crippen molar-refractivity contribution in [1.29, 1.82) is 5.26 Å². The molecule has 0 spiro atoms. The van der Waals surface area contributed by atoms with Crippen LogP contribution in [0.15, 0.2) is 60.2 Å². The molecule has 5 rings (SSSR count). The number of benzene rings is 1. The normalized spacial score (nSPS) is 27.9. The number of carbonyl (C=O) groups excluding carboxylic acids is 1. The average Bonchev–Trinajstić information content (AvgIpc) is 3.58. The van der Waals surface area contributed by atoms with E-state index in [4.69, 9.17) is 0 Å². The summed E-state index contributed by atoms with van der Waals surface area (Å²) < 4.78 is 15.2. The standard InChI is InChI=1S/C28H27FN2O/c1-17-9-10-28(2,26(27(17)32)21-7-5-20(6-8-21)19-3-4-19)23-12-24(25(29)13-23)22-11-18(14-30)15-31-16-22/h5-8,11-12,15-17,19,26H,3-4,9-10,13H2,1-2H3/t17-,26+,28?/m1/s1. The molecule has 3 atom stereocenters. The maximum atomic E-state index is 15.2. The van der Waals surface area contributed by atoms with E-state index in [0.29, 0.717) is 22.6 Å². The summed E-state index contributed by atoms with van der Waals surface area (Å²) in [7, 11) is 0. The first kappa shape index (κ1) is 20.8. The van der Waals surface area contributed by atoms with Crippen LogP contribution in [0.1, 0.15) is 80.0 Å². The number of nitriles is 1. The van der Waals surface area contributed by atoms with Crippen LogP contribution in [0.4, 0.5) is 4.39 Å². The van der Waals surface area contributed by atoms with E-state index in [2.05, 4.69) is 42.2 Å². The maximum Gasteiger partial charge on any atom is 0.143 e. The van der Waals surface area contributed by atoms with Crippen LogP contribution in [-0.4, -0.2) is 10.8 Å². The average molecular weight is 427 g/mol. The first-order valence-electron chi connectivity index (χ1n) is 11.5. The van der Waals surface area contributed by atoms with Crippen LogP contribution >= 0.6 is 0 Å². The molecule has 0 amide bonds. The molecule has 1 unspecified atom stereocenters. The summed E-state index contributed by atoms with van der Waals surface area (Å²) >= 11 is 0. The quantitative estimate of drug-likeness (QED) is 0.551. The van der Waals surface area contributed by atoms with Gasteiger partial charge in [-0.15, -0.1) is 0 Å². The van der Waals surface area contributed by atoms with Crippen molar-refractivity contribution in [2.45, 2.75) is 57.8 Å². The first-order chi connectivity index (χ1) is 15.4. The van der Waals surface area contributed by atoms with Gasteiger partial charge in [-0.25, -0.2) is 4.39 Å². The summed E-state index contributed by atoms with van der Waals surface area (Å²) in [6, 6.07) is 12.3. The van der Waals surface area contributed by atoms with Crippen molar-refractivity contribution < 1.29 is 9.18 Å². The number of hydrogen-bond donors (Lipinski definition) is 0. The number of nitrogens with zero attached hydrogens (tertiary/aromatic N) is 2. The Kier molecular flexibility index (Phi) is 5.08. The van der Waals surface area contributed by atoms with Gasteiger partial charge in [0.2, 0.25) is 0 Å². The number of halogens is 1. The second-order valence-corrected chi connectivity index (χ2v) is 9.87. The molecule has 0 bridgehead atoms. The molecule has 0 saturated heterocycles. The van der Waals surface area contributed by atoms with Crippen LogP contribution in [0.5, 0.6) is 0 Å². The van der Waals surface area contributed by atoms with Crippen LogP contribution in [0.3, 0.4) is 0 Å². The van der Waals surface area contributed by atoms with Gasteiger partial charge in [0, 0.05) is 41.3 Å². The Morgan fingerprint density at radius 1 is 1.12 bits per heavy atom. The molecule has 3 aliphatic rings. The molecular weight excluding hydrogens is 399 g/mol. The van der Waals surface area contributed by atoms with E-state index in [-0.39, 0.29) is 29.9 Å². The van der Waals surface area contributed by atoms with E-state index in [0.717, 1.165) is 24.0 Å². The summed E-state index contributed by atoms with van der Waals surface area (Å²) in [6.07, 6.45) is 9.34. The van der Waals surface area contributed by atoms with Gasteiger partial charge in [0.25, 0.3) is 0 Å². The Morgan fingerprint density at radius 3 is 2.53 bits per heavy atom. The molecule has 3 nitrogen and oxygen atoms in total. The van der Waals surface area contributed by atoms with Crippen molar-refractivity contribution in [3.8, 4) is 6.07 Å². The lowest BCUT2D eigenvalue weighted by molar-refractivity contribution is -0.129. The van der Waals surface area contributed by atoms with Gasteiger partial charge >= 0.3 is 0 Å². The molecule has 1 aromatic carbocycles. The molecule has 1 heterocycles. The van der Waals surface area contributed by atoms with Crippen molar-refractivity contribution in [3.05, 3.63) is 82.5 Å². The Bertz CT molecular complexity index is 1180. The predicted molar refractivity (Wildman–Crippen MR) is 122 cm³/mol. The van der Waals surface area contributed by atoms with Gasteiger partial charge in [0.15, 0.2) is 0 Å². The zero-order chi connectivity index (χ0) is 22.5. The fraction of sp³-hybridized carbons (Fsp3) is 0.393. The zero-order valence-corrected chi connectivity index (χ0v) is 18.6. The molecule has 2 fully saturated rings. The molecule has 2 aromatic rings. The first-order valence-corrected chi connectivity index (χ1v) is 11.5. The predicted octanol–water partition coefficient (Wildman–Crippen LogP) is 6.63. The highest BCUT2D eigenvalue weighted by atomic mass is 19.1. The topological polar surface area (TPSA) is 53.8 Å². The van der Waals surface area contributed by atoms with E-state index in [1.807, 2.05) is 13.0 Å². The van der Waals surface area contributed by atoms with E-state index < -0.39 is 5.41 Å². The third kappa shape index (κ3) is 3.50. The minimum atomic E-state index is -0.440. The van der Waals surface area contributed by atoms with Crippen LogP contribution in [0.2, 0.25) is 0 Å². The Balaban J connectivity index is 1.52. The smallest absolute Gasteiger partial charge is 0.143 e. The number of ketones is 1. The minimum absolute atomic E-state index is 0.00646. The highest BCUT2D eigenvalue weighted by Crippen LogP contribution is 2.55. The van der Waals surface area contributed by atoms with Crippen LogP contribution in [-0.2, 0) is 4.79 Å². The summed E-state index contributed by atoms with van der Waals surface area (Å²) in [5.41, 5.74) is 4.42. The summed E-state index contributed by atoms with van der Waals surface area (Å²) in [6.45, 7) is 4.14. The van der Waals surface area contributed by atoms with Gasteiger partial charge < -0.3 is 0 Å². The number of pyridine rings is 1. The van der Waals surface area contributed by atoms with Gasteiger partial charge in [-0.2, -0.15) is 5.26 Å². The van der Waals surface area contributed by atoms with Gasteiger partial charge in [-0.1, -0.05) is 49.8 Å². The summed E-state index contributed by atoms with van der Waals surface area (Å²) in [5, 5.41) is 9.19.